The molecule has 1 N–H and O–H groups in total. The summed E-state index contributed by atoms with van der Waals surface area (Å²) >= 11 is 0. The number of likely N-dealkylation sites (tertiary alicyclic amines) is 1. The molecule has 50 heavy (non-hydrogen) atoms. The molecule has 0 unspecified atom stereocenters. The van der Waals surface area contributed by atoms with Crippen LogP contribution >= 0.6 is 0 Å². The molecule has 3 aromatic carbocycles. The van der Waals surface area contributed by atoms with Crippen LogP contribution in [0.3, 0.4) is 0 Å². The van der Waals surface area contributed by atoms with Crippen molar-refractivity contribution in [3.05, 3.63) is 90.0 Å². The Kier molecular flexibility index (Phi) is 12.9. The zero-order valence-corrected chi connectivity index (χ0v) is 29.6. The minimum absolute atomic E-state index is 0.0281. The first-order valence-corrected chi connectivity index (χ1v) is 18.3. The number of para-hydroxylation sites is 1. The predicted octanol–water partition coefficient (Wildman–Crippen LogP) is 6.66. The number of carbonyl (C=O) groups is 2. The molecular formula is C41H53N3O6. The third-order valence-electron chi connectivity index (χ3n) is 10.5. The van der Waals surface area contributed by atoms with E-state index < -0.39 is 6.29 Å². The minimum atomic E-state index is -0.401. The van der Waals surface area contributed by atoms with Gasteiger partial charge in [-0.05, 0) is 79.0 Å². The molecule has 268 valence electrons. The van der Waals surface area contributed by atoms with Crippen LogP contribution in [-0.2, 0) is 36.6 Å². The number of anilines is 1. The summed E-state index contributed by atoms with van der Waals surface area (Å²) in [7, 11) is 3.21. The third-order valence-corrected chi connectivity index (χ3v) is 10.5. The summed E-state index contributed by atoms with van der Waals surface area (Å²) in [5.74, 6) is 1.86. The molecule has 2 amide bonds. The molecule has 9 nitrogen and oxygen atoms in total. The number of carbonyl (C=O) groups excluding carboxylic acids is 2. The highest BCUT2D eigenvalue weighted by atomic mass is 16.7. The number of methoxy groups -OCH3 is 2. The highest BCUT2D eigenvalue weighted by molar-refractivity contribution is 5.91. The second kappa shape index (κ2) is 17.9. The van der Waals surface area contributed by atoms with Gasteiger partial charge in [0.1, 0.15) is 6.10 Å². The van der Waals surface area contributed by atoms with Crippen LogP contribution in [0, 0.1) is 17.8 Å². The van der Waals surface area contributed by atoms with Gasteiger partial charge in [0.05, 0.1) is 31.9 Å². The lowest BCUT2D eigenvalue weighted by atomic mass is 10.0. The van der Waals surface area contributed by atoms with Gasteiger partial charge in [0.15, 0.2) is 6.29 Å². The molecule has 0 aromatic heterocycles. The highest BCUT2D eigenvalue weighted by Crippen LogP contribution is 2.40. The van der Waals surface area contributed by atoms with Crippen molar-refractivity contribution in [1.29, 1.82) is 0 Å². The predicted molar refractivity (Wildman–Crippen MR) is 195 cm³/mol. The number of rotatable bonds is 18. The first-order valence-electron chi connectivity index (χ1n) is 18.3. The lowest BCUT2D eigenvalue weighted by Gasteiger charge is -2.26. The van der Waals surface area contributed by atoms with E-state index in [2.05, 4.69) is 34.5 Å². The summed E-state index contributed by atoms with van der Waals surface area (Å²) in [6.45, 7) is 5.42. The number of hydrogen-bond donors (Lipinski definition) is 1. The van der Waals surface area contributed by atoms with Crippen molar-refractivity contribution in [2.75, 3.05) is 65.5 Å². The van der Waals surface area contributed by atoms with Crippen molar-refractivity contribution in [3.8, 4) is 11.1 Å². The minimum Gasteiger partial charge on any atom is -0.446 e. The zero-order valence-electron chi connectivity index (χ0n) is 29.6. The van der Waals surface area contributed by atoms with Gasteiger partial charge in [0.25, 0.3) is 0 Å². The topological polar surface area (TPSA) is 89.6 Å². The van der Waals surface area contributed by atoms with Crippen LogP contribution in [-0.4, -0.2) is 94.4 Å². The van der Waals surface area contributed by atoms with Gasteiger partial charge in [-0.3, -0.25) is 10.1 Å². The molecule has 3 atom stereocenters. The fourth-order valence-electron chi connectivity index (χ4n) is 7.46. The molecule has 2 aliphatic carbocycles. The van der Waals surface area contributed by atoms with Crippen molar-refractivity contribution in [2.24, 2.45) is 17.8 Å². The van der Waals surface area contributed by atoms with Gasteiger partial charge in [0, 0.05) is 46.0 Å². The van der Waals surface area contributed by atoms with Gasteiger partial charge in [-0.2, -0.15) is 0 Å². The third kappa shape index (κ3) is 10.4. The first-order chi connectivity index (χ1) is 24.5. The average Bonchev–Trinajstić information content (AvgIpc) is 3.77. The summed E-state index contributed by atoms with van der Waals surface area (Å²) < 4.78 is 22.4. The van der Waals surface area contributed by atoms with Crippen LogP contribution in [0.15, 0.2) is 78.9 Å². The van der Waals surface area contributed by atoms with Gasteiger partial charge >= 0.3 is 6.09 Å². The van der Waals surface area contributed by atoms with Crippen LogP contribution in [0.5, 0.6) is 0 Å². The number of nitrogens with zero attached hydrogens (tertiary/aromatic N) is 2. The van der Waals surface area contributed by atoms with E-state index in [9.17, 15) is 9.59 Å². The van der Waals surface area contributed by atoms with Crippen LogP contribution in [0.1, 0.15) is 43.2 Å². The lowest BCUT2D eigenvalue weighted by molar-refractivity contribution is -0.146. The number of fused-ring (bicyclic) bond motifs is 1. The maximum atomic E-state index is 12.9. The summed E-state index contributed by atoms with van der Waals surface area (Å²) in [4.78, 5) is 30.1. The van der Waals surface area contributed by atoms with Gasteiger partial charge in [-0.15, -0.1) is 0 Å². The first kappa shape index (κ1) is 36.0. The molecule has 9 heteroatoms. The number of benzene rings is 3. The Hall–Kier alpha value is -3.76. The van der Waals surface area contributed by atoms with Crippen LogP contribution < -0.4 is 5.32 Å². The molecule has 2 saturated carbocycles. The molecule has 3 aliphatic rings. The van der Waals surface area contributed by atoms with Crippen molar-refractivity contribution in [1.82, 2.24) is 9.80 Å². The van der Waals surface area contributed by atoms with Gasteiger partial charge in [0.2, 0.25) is 5.91 Å². The van der Waals surface area contributed by atoms with Crippen molar-refractivity contribution >= 4 is 17.7 Å². The second-order valence-corrected chi connectivity index (χ2v) is 14.1. The zero-order chi connectivity index (χ0) is 34.7. The Morgan fingerprint density at radius 2 is 1.50 bits per heavy atom. The van der Waals surface area contributed by atoms with E-state index in [0.717, 1.165) is 68.7 Å². The van der Waals surface area contributed by atoms with E-state index in [1.165, 1.54) is 24.0 Å². The molecule has 0 radical (unpaired) electrons. The van der Waals surface area contributed by atoms with Crippen LogP contribution in [0.4, 0.5) is 10.5 Å². The van der Waals surface area contributed by atoms with E-state index in [1.54, 1.807) is 14.2 Å². The molecule has 6 rings (SSSR count). The number of ether oxygens (including phenoxy) is 4. The van der Waals surface area contributed by atoms with Crippen molar-refractivity contribution < 1.29 is 28.5 Å². The lowest BCUT2D eigenvalue weighted by Crippen LogP contribution is -2.40. The van der Waals surface area contributed by atoms with Gasteiger partial charge in [-0.25, -0.2) is 4.79 Å². The summed E-state index contributed by atoms with van der Waals surface area (Å²) in [5, 5.41) is 2.99. The SMILES string of the molecule is COC(CN(CC1CC1)C(=O)CCOCCc1ccc(CCN2C[C@H]3C[C@@H](OC(=O)Nc4ccccc4-c4ccccc4)C[C@H]3C2)cc1)OC. The normalized spacial score (nSPS) is 20.2. The van der Waals surface area contributed by atoms with Crippen LogP contribution in [0.2, 0.25) is 0 Å². The van der Waals surface area contributed by atoms with E-state index in [4.69, 9.17) is 18.9 Å². The highest BCUT2D eigenvalue weighted by Gasteiger charge is 2.42. The molecule has 1 aliphatic heterocycles. The molecule has 0 spiro atoms. The quantitative estimate of drug-likeness (QED) is 0.119. The Morgan fingerprint density at radius 1 is 0.840 bits per heavy atom. The van der Waals surface area contributed by atoms with Gasteiger partial charge in [-0.1, -0.05) is 72.8 Å². The van der Waals surface area contributed by atoms with E-state index in [0.29, 0.717) is 43.9 Å². The molecule has 3 fully saturated rings. The van der Waals surface area contributed by atoms with Crippen molar-refractivity contribution in [2.45, 2.75) is 57.3 Å². The Bertz CT molecular complexity index is 1500. The molecular weight excluding hydrogens is 630 g/mol. The Labute approximate surface area is 297 Å². The number of hydrogen-bond acceptors (Lipinski definition) is 7. The maximum absolute atomic E-state index is 12.9. The number of amides is 2. The van der Waals surface area contributed by atoms with E-state index in [-0.39, 0.29) is 18.1 Å². The number of nitrogens with one attached hydrogen (secondary N) is 1. The van der Waals surface area contributed by atoms with Gasteiger partial charge < -0.3 is 28.7 Å². The van der Waals surface area contributed by atoms with Crippen molar-refractivity contribution in [3.63, 3.8) is 0 Å². The largest absolute Gasteiger partial charge is 0.446 e. The fourth-order valence-corrected chi connectivity index (χ4v) is 7.46. The summed E-state index contributed by atoms with van der Waals surface area (Å²) in [6.07, 6.45) is 5.66. The standard InChI is InChI=1S/C41H53N3O6/c1-47-40(48-2)29-44(26-32-16-17-32)39(45)20-23-49-22-19-31-14-12-30(13-15-31)18-21-43-27-34-24-36(25-35(34)28-43)50-41(46)42-38-11-7-6-10-37(38)33-8-4-3-5-9-33/h3-15,32,34-36,40H,16-29H2,1-2H3,(H,42,46)/t34-,35+,36-. The summed E-state index contributed by atoms with van der Waals surface area (Å²) in [5.41, 5.74) is 5.40. The maximum Gasteiger partial charge on any atom is 0.411 e. The fraction of sp³-hybridized carbons (Fsp3) is 0.512. The second-order valence-electron chi connectivity index (χ2n) is 14.1. The monoisotopic (exact) mass is 683 g/mol. The van der Waals surface area contributed by atoms with E-state index >= 15 is 0 Å². The summed E-state index contributed by atoms with van der Waals surface area (Å²) in [6, 6.07) is 26.8. The molecule has 1 saturated heterocycles. The Balaban J connectivity index is 0.851. The smallest absolute Gasteiger partial charge is 0.411 e. The van der Waals surface area contributed by atoms with E-state index in [1.807, 2.05) is 59.5 Å². The molecule has 0 bridgehead atoms. The molecule has 1 heterocycles. The van der Waals surface area contributed by atoms with Crippen LogP contribution in [0.25, 0.3) is 11.1 Å². The average molecular weight is 684 g/mol. The molecule has 3 aromatic rings. The Morgan fingerprint density at radius 3 is 2.18 bits per heavy atom.